The number of thioether (sulfide) groups is 1. The summed E-state index contributed by atoms with van der Waals surface area (Å²) in [6.45, 7) is 7.44. The zero-order chi connectivity index (χ0) is 26.9. The van der Waals surface area contributed by atoms with Crippen LogP contribution in [0.25, 0.3) is 6.08 Å². The Morgan fingerprint density at radius 1 is 1.08 bits per heavy atom. The van der Waals surface area contributed by atoms with E-state index >= 15 is 0 Å². The number of carbonyl (C=O) groups excluding carboxylic acids is 4. The number of hydrogen-bond donors (Lipinski definition) is 1. The summed E-state index contributed by atoms with van der Waals surface area (Å²) in [6.07, 6.45) is 1.54. The second kappa shape index (κ2) is 13.0. The second-order valence-corrected chi connectivity index (χ2v) is 9.68. The number of nitrogens with zero attached hydrogens (tertiary/aromatic N) is 1. The van der Waals surface area contributed by atoms with Gasteiger partial charge < -0.3 is 19.5 Å². The minimum Gasteiger partial charge on any atom is -0.490 e. The van der Waals surface area contributed by atoms with Crippen LogP contribution in [0, 0.1) is 12.8 Å². The highest BCUT2D eigenvalue weighted by atomic mass is 32.2. The monoisotopic (exact) mass is 526 g/mol. The van der Waals surface area contributed by atoms with Crippen LogP contribution >= 0.6 is 11.8 Å². The molecule has 10 heteroatoms. The third-order valence-electron chi connectivity index (χ3n) is 4.96. The number of amides is 3. The zero-order valence-electron chi connectivity index (χ0n) is 21.2. The number of esters is 1. The van der Waals surface area contributed by atoms with Crippen molar-refractivity contribution in [1.29, 1.82) is 0 Å². The maximum Gasteiger partial charge on any atom is 0.326 e. The van der Waals surface area contributed by atoms with Crippen LogP contribution in [0.15, 0.2) is 47.4 Å². The van der Waals surface area contributed by atoms with E-state index in [2.05, 4.69) is 5.32 Å². The third kappa shape index (κ3) is 8.11. The van der Waals surface area contributed by atoms with E-state index in [0.717, 1.165) is 22.2 Å². The van der Waals surface area contributed by atoms with Gasteiger partial charge in [-0.1, -0.05) is 32.0 Å². The molecule has 9 nitrogen and oxygen atoms in total. The van der Waals surface area contributed by atoms with E-state index in [4.69, 9.17) is 14.2 Å². The Bertz CT molecular complexity index is 1210. The molecule has 0 atom stereocenters. The molecule has 196 valence electrons. The van der Waals surface area contributed by atoms with Crippen LogP contribution in [-0.2, 0) is 19.1 Å². The first-order valence-electron chi connectivity index (χ1n) is 11.8. The molecule has 0 saturated carbocycles. The Hall–Kier alpha value is -3.79. The summed E-state index contributed by atoms with van der Waals surface area (Å²) in [6, 6.07) is 12.4. The first-order chi connectivity index (χ1) is 17.7. The molecule has 0 aliphatic carbocycles. The second-order valence-electron chi connectivity index (χ2n) is 8.69. The zero-order valence-corrected chi connectivity index (χ0v) is 22.1. The third-order valence-corrected chi connectivity index (χ3v) is 5.87. The number of hydrogen-bond acceptors (Lipinski definition) is 8. The first-order valence-corrected chi connectivity index (χ1v) is 12.6. The van der Waals surface area contributed by atoms with Crippen molar-refractivity contribution in [2.45, 2.75) is 27.7 Å². The maximum atomic E-state index is 12.7. The molecule has 0 unspecified atom stereocenters. The van der Waals surface area contributed by atoms with Gasteiger partial charge in [-0.3, -0.25) is 24.1 Å². The minimum absolute atomic E-state index is 0.146. The Labute approximate surface area is 220 Å². The minimum atomic E-state index is -0.635. The van der Waals surface area contributed by atoms with Crippen molar-refractivity contribution in [1.82, 2.24) is 4.90 Å². The largest absolute Gasteiger partial charge is 0.490 e. The summed E-state index contributed by atoms with van der Waals surface area (Å²) >= 11 is 0.748. The summed E-state index contributed by atoms with van der Waals surface area (Å²) in [7, 11) is 0. The average molecular weight is 527 g/mol. The smallest absolute Gasteiger partial charge is 0.326 e. The van der Waals surface area contributed by atoms with E-state index in [1.165, 1.54) is 0 Å². The van der Waals surface area contributed by atoms with Crippen molar-refractivity contribution in [2.24, 2.45) is 5.92 Å². The lowest BCUT2D eigenvalue weighted by Crippen LogP contribution is -2.34. The van der Waals surface area contributed by atoms with Crippen molar-refractivity contribution in [3.05, 3.63) is 58.5 Å². The molecule has 0 aromatic heterocycles. The van der Waals surface area contributed by atoms with Gasteiger partial charge in [0.15, 0.2) is 18.1 Å². The summed E-state index contributed by atoms with van der Waals surface area (Å²) in [5, 5.41) is 2.24. The predicted molar refractivity (Wildman–Crippen MR) is 141 cm³/mol. The van der Waals surface area contributed by atoms with Gasteiger partial charge in [0.05, 0.1) is 18.1 Å². The van der Waals surface area contributed by atoms with Crippen LogP contribution in [0.3, 0.4) is 0 Å². The van der Waals surface area contributed by atoms with E-state index in [1.807, 2.05) is 45.9 Å². The number of ether oxygens (including phenoxy) is 3. The molecule has 0 spiro atoms. The highest BCUT2D eigenvalue weighted by Gasteiger charge is 2.36. The predicted octanol–water partition coefficient (Wildman–Crippen LogP) is 4.65. The fourth-order valence-electron chi connectivity index (χ4n) is 3.29. The SMILES string of the molecule is CCOc1cc(/C=C2/SC(=O)N(CC(=O)OCC(C)C)C2=O)ccc1OCC(=O)Nc1cccc(C)c1. The van der Waals surface area contributed by atoms with Crippen LogP contribution < -0.4 is 14.8 Å². The molecule has 0 bridgehead atoms. The van der Waals surface area contributed by atoms with Gasteiger partial charge in [0.1, 0.15) is 6.54 Å². The van der Waals surface area contributed by atoms with Gasteiger partial charge in [-0.2, -0.15) is 0 Å². The van der Waals surface area contributed by atoms with E-state index < -0.39 is 23.7 Å². The molecule has 1 saturated heterocycles. The van der Waals surface area contributed by atoms with Gasteiger partial charge in [0, 0.05) is 5.69 Å². The van der Waals surface area contributed by atoms with Crippen molar-refractivity contribution in [3.63, 3.8) is 0 Å². The van der Waals surface area contributed by atoms with Crippen LogP contribution in [0.1, 0.15) is 31.9 Å². The van der Waals surface area contributed by atoms with E-state index in [1.54, 1.807) is 30.3 Å². The number of carbonyl (C=O) groups is 4. The van der Waals surface area contributed by atoms with Crippen LogP contribution in [0.2, 0.25) is 0 Å². The fraction of sp³-hybridized carbons (Fsp3) is 0.333. The molecule has 2 aromatic rings. The molecule has 1 fully saturated rings. The van der Waals surface area contributed by atoms with E-state index in [0.29, 0.717) is 29.4 Å². The Morgan fingerprint density at radius 3 is 2.57 bits per heavy atom. The van der Waals surface area contributed by atoms with Gasteiger partial charge in [-0.25, -0.2) is 0 Å². The standard InChI is InChI=1S/C27H30N2O7S/c1-5-34-22-12-19(9-10-21(22)35-16-24(30)28-20-8-6-7-18(4)11-20)13-23-26(32)29(27(33)37-23)14-25(31)36-15-17(2)3/h6-13,17H,5,14-16H2,1-4H3,(H,28,30)/b23-13+. The van der Waals surface area contributed by atoms with E-state index in [9.17, 15) is 19.2 Å². The summed E-state index contributed by atoms with van der Waals surface area (Å²) in [5.41, 5.74) is 2.29. The Kier molecular flexibility index (Phi) is 9.73. The lowest BCUT2D eigenvalue weighted by molar-refractivity contribution is -0.147. The number of anilines is 1. The van der Waals surface area contributed by atoms with Gasteiger partial charge in [0.25, 0.3) is 17.1 Å². The highest BCUT2D eigenvalue weighted by Crippen LogP contribution is 2.34. The van der Waals surface area contributed by atoms with Crippen molar-refractivity contribution < 1.29 is 33.4 Å². The lowest BCUT2D eigenvalue weighted by Gasteiger charge is -2.13. The fourth-order valence-corrected chi connectivity index (χ4v) is 4.13. The van der Waals surface area contributed by atoms with Crippen molar-refractivity contribution >= 4 is 46.5 Å². The topological polar surface area (TPSA) is 111 Å². The molecule has 1 aliphatic rings. The number of imide groups is 1. The quantitative estimate of drug-likeness (QED) is 0.333. The van der Waals surface area contributed by atoms with Gasteiger partial charge >= 0.3 is 5.97 Å². The molecular weight excluding hydrogens is 496 g/mol. The van der Waals surface area contributed by atoms with Crippen molar-refractivity contribution in [3.8, 4) is 11.5 Å². The molecule has 2 aromatic carbocycles. The molecule has 3 rings (SSSR count). The van der Waals surface area contributed by atoms with Crippen LogP contribution in [0.5, 0.6) is 11.5 Å². The number of aryl methyl sites for hydroxylation is 1. The van der Waals surface area contributed by atoms with E-state index in [-0.39, 0.29) is 29.9 Å². The molecule has 1 aliphatic heterocycles. The molecule has 3 amide bonds. The number of nitrogens with one attached hydrogen (secondary N) is 1. The van der Waals surface area contributed by atoms with Gasteiger partial charge in [-0.15, -0.1) is 0 Å². The van der Waals surface area contributed by atoms with Gasteiger partial charge in [-0.05, 0) is 73.0 Å². The van der Waals surface area contributed by atoms with Crippen molar-refractivity contribution in [2.75, 3.05) is 31.7 Å². The number of rotatable bonds is 11. The molecular formula is C27H30N2O7S. The molecule has 1 N–H and O–H groups in total. The van der Waals surface area contributed by atoms with Gasteiger partial charge in [0.2, 0.25) is 0 Å². The van der Waals surface area contributed by atoms with Crippen LogP contribution in [-0.4, -0.2) is 54.3 Å². The van der Waals surface area contributed by atoms with Crippen LogP contribution in [0.4, 0.5) is 10.5 Å². The molecule has 0 radical (unpaired) electrons. The molecule has 37 heavy (non-hydrogen) atoms. The Balaban J connectivity index is 1.66. The highest BCUT2D eigenvalue weighted by molar-refractivity contribution is 8.18. The average Bonchev–Trinajstić information content (AvgIpc) is 3.09. The lowest BCUT2D eigenvalue weighted by atomic mass is 10.2. The Morgan fingerprint density at radius 2 is 1.86 bits per heavy atom. The summed E-state index contributed by atoms with van der Waals surface area (Å²) in [4.78, 5) is 50.4. The first kappa shape index (κ1) is 27.8. The number of benzene rings is 2. The normalized spacial score (nSPS) is 14.3. The summed E-state index contributed by atoms with van der Waals surface area (Å²) in [5.74, 6) is -0.632. The maximum absolute atomic E-state index is 12.7. The molecule has 1 heterocycles. The summed E-state index contributed by atoms with van der Waals surface area (Å²) < 4.78 is 16.4.